The Bertz CT molecular complexity index is 272. The molecule has 0 aromatic heterocycles. The Morgan fingerprint density at radius 3 is 1.00 bits per heavy atom. The minimum atomic E-state index is 1.23. The van der Waals surface area contributed by atoms with Crippen molar-refractivity contribution in [3.05, 3.63) is 48.6 Å². The van der Waals surface area contributed by atoms with Crippen LogP contribution in [0, 0.1) is 0 Å². The van der Waals surface area contributed by atoms with E-state index in [9.17, 15) is 0 Å². The van der Waals surface area contributed by atoms with E-state index in [1.807, 2.05) is 0 Å². The molecule has 0 spiro atoms. The van der Waals surface area contributed by atoms with Gasteiger partial charge < -0.3 is 0 Å². The molecule has 0 aromatic carbocycles. The lowest BCUT2D eigenvalue weighted by Gasteiger charge is -2.01. The van der Waals surface area contributed by atoms with Gasteiger partial charge >= 0.3 is 0 Å². The molecular formula is C20H32. The second kappa shape index (κ2) is 14.4. The van der Waals surface area contributed by atoms with Crippen LogP contribution in [0.3, 0.4) is 0 Å². The van der Waals surface area contributed by atoms with Crippen LogP contribution in [0.15, 0.2) is 48.6 Å². The van der Waals surface area contributed by atoms with Crippen molar-refractivity contribution in [2.24, 2.45) is 0 Å². The summed E-state index contributed by atoms with van der Waals surface area (Å²) in [7, 11) is 0. The van der Waals surface area contributed by atoms with Crippen molar-refractivity contribution >= 4 is 0 Å². The fourth-order valence-corrected chi connectivity index (χ4v) is 2.54. The van der Waals surface area contributed by atoms with Crippen molar-refractivity contribution in [1.29, 1.82) is 0 Å². The average molecular weight is 272 g/mol. The van der Waals surface area contributed by atoms with Gasteiger partial charge in [-0.15, -0.1) is 0 Å². The van der Waals surface area contributed by atoms with Gasteiger partial charge in [-0.1, -0.05) is 100.0 Å². The molecule has 0 saturated heterocycles. The predicted octanol–water partition coefficient (Wildman–Crippen LogP) is 6.91. The van der Waals surface area contributed by atoms with E-state index < -0.39 is 0 Å². The monoisotopic (exact) mass is 272 g/mol. The van der Waals surface area contributed by atoms with Crippen molar-refractivity contribution in [3.63, 3.8) is 0 Å². The molecule has 0 heterocycles. The summed E-state index contributed by atoms with van der Waals surface area (Å²) in [5.41, 5.74) is 0. The maximum atomic E-state index is 2.29. The molecule has 0 nitrogen and oxygen atoms in total. The van der Waals surface area contributed by atoms with Crippen molar-refractivity contribution in [2.45, 2.75) is 77.0 Å². The van der Waals surface area contributed by atoms with Crippen molar-refractivity contribution in [3.8, 4) is 0 Å². The van der Waals surface area contributed by atoms with E-state index in [0.29, 0.717) is 0 Å². The average Bonchev–Trinajstić information content (AvgIpc) is 2.46. The summed E-state index contributed by atoms with van der Waals surface area (Å²) < 4.78 is 0. The smallest absolute Gasteiger partial charge is 0.0348 e. The van der Waals surface area contributed by atoms with E-state index in [2.05, 4.69) is 48.6 Å². The first-order chi connectivity index (χ1) is 10.0. The molecule has 20 heavy (non-hydrogen) atoms. The molecule has 0 unspecified atom stereocenters. The van der Waals surface area contributed by atoms with Gasteiger partial charge in [0.15, 0.2) is 0 Å². The lowest BCUT2D eigenvalue weighted by atomic mass is 10.0. The van der Waals surface area contributed by atoms with Crippen LogP contribution in [0.2, 0.25) is 0 Å². The Balaban J connectivity index is 2.24. The summed E-state index contributed by atoms with van der Waals surface area (Å²) in [6, 6.07) is 0. The van der Waals surface area contributed by atoms with Crippen molar-refractivity contribution in [1.82, 2.24) is 0 Å². The Hall–Kier alpha value is -1.04. The van der Waals surface area contributed by atoms with E-state index in [0.717, 1.165) is 0 Å². The minimum Gasteiger partial charge on any atom is -0.0845 e. The standard InChI is InChI=1S/C20H32/c1-2-4-6-8-10-12-14-16-18-20-19-17-15-13-11-9-7-5-3-1/h1-8H,9-20H2. The van der Waals surface area contributed by atoms with E-state index in [1.165, 1.54) is 77.0 Å². The number of hydrogen-bond acceptors (Lipinski definition) is 0. The maximum absolute atomic E-state index is 2.29. The quantitative estimate of drug-likeness (QED) is 0.449. The Kier molecular flexibility index (Phi) is 12.2. The fourth-order valence-electron chi connectivity index (χ4n) is 2.54. The zero-order valence-corrected chi connectivity index (χ0v) is 13.1. The Morgan fingerprint density at radius 2 is 0.600 bits per heavy atom. The lowest BCUT2D eigenvalue weighted by Crippen LogP contribution is -1.82. The van der Waals surface area contributed by atoms with E-state index in [1.54, 1.807) is 0 Å². The maximum Gasteiger partial charge on any atom is -0.0348 e. The summed E-state index contributed by atoms with van der Waals surface area (Å²) in [6.45, 7) is 0. The second-order valence-corrected chi connectivity index (χ2v) is 5.74. The van der Waals surface area contributed by atoms with Gasteiger partial charge in [-0.2, -0.15) is 0 Å². The van der Waals surface area contributed by atoms with Crippen LogP contribution >= 0.6 is 0 Å². The third-order valence-electron chi connectivity index (χ3n) is 3.82. The third kappa shape index (κ3) is 12.0. The summed E-state index contributed by atoms with van der Waals surface area (Å²) >= 11 is 0. The molecule has 0 fully saturated rings. The van der Waals surface area contributed by atoms with Gasteiger partial charge in [0.1, 0.15) is 0 Å². The van der Waals surface area contributed by atoms with Gasteiger partial charge in [-0.3, -0.25) is 0 Å². The highest BCUT2D eigenvalue weighted by atomic mass is 14.0. The normalized spacial score (nSPS) is 20.8. The molecule has 0 heteroatoms. The minimum absolute atomic E-state index is 1.23. The molecule has 0 aliphatic heterocycles. The molecule has 0 amide bonds. The van der Waals surface area contributed by atoms with Gasteiger partial charge in [-0.25, -0.2) is 0 Å². The van der Waals surface area contributed by atoms with Gasteiger partial charge in [0, 0.05) is 0 Å². The molecule has 1 aliphatic rings. The van der Waals surface area contributed by atoms with Gasteiger partial charge in [0.05, 0.1) is 0 Å². The van der Waals surface area contributed by atoms with Crippen LogP contribution < -0.4 is 0 Å². The first-order valence-electron chi connectivity index (χ1n) is 8.65. The van der Waals surface area contributed by atoms with Crippen LogP contribution in [0.25, 0.3) is 0 Å². The highest BCUT2D eigenvalue weighted by molar-refractivity contribution is 5.15. The topological polar surface area (TPSA) is 0 Å². The number of allylic oxidation sites excluding steroid dienone is 8. The summed E-state index contributed by atoms with van der Waals surface area (Å²) in [5, 5.41) is 0. The molecular weight excluding hydrogens is 240 g/mol. The molecule has 0 radical (unpaired) electrons. The van der Waals surface area contributed by atoms with Crippen LogP contribution in [0.4, 0.5) is 0 Å². The van der Waals surface area contributed by atoms with Crippen molar-refractivity contribution < 1.29 is 0 Å². The Labute approximate surface area is 126 Å². The molecule has 0 bridgehead atoms. The summed E-state index contributed by atoms with van der Waals surface area (Å²) in [4.78, 5) is 0. The molecule has 1 aliphatic carbocycles. The lowest BCUT2D eigenvalue weighted by molar-refractivity contribution is 0.553. The zero-order chi connectivity index (χ0) is 14.1. The first-order valence-corrected chi connectivity index (χ1v) is 8.65. The van der Waals surface area contributed by atoms with Gasteiger partial charge in [-0.05, 0) is 25.7 Å². The van der Waals surface area contributed by atoms with Gasteiger partial charge in [0.2, 0.25) is 0 Å². The predicted molar refractivity (Wildman–Crippen MR) is 92.0 cm³/mol. The van der Waals surface area contributed by atoms with Crippen LogP contribution in [-0.2, 0) is 0 Å². The second-order valence-electron chi connectivity index (χ2n) is 5.74. The zero-order valence-electron chi connectivity index (χ0n) is 13.1. The van der Waals surface area contributed by atoms with E-state index in [-0.39, 0.29) is 0 Å². The SMILES string of the molecule is C1=CC=CCCCCCCCCCCCCC=CC=C1. The number of hydrogen-bond donors (Lipinski definition) is 0. The molecule has 0 N–H and O–H groups in total. The highest BCUT2D eigenvalue weighted by Crippen LogP contribution is 2.12. The number of rotatable bonds is 0. The molecule has 0 atom stereocenters. The summed E-state index contributed by atoms with van der Waals surface area (Å²) in [6.07, 6.45) is 34.0. The molecule has 0 saturated carbocycles. The van der Waals surface area contributed by atoms with Crippen LogP contribution in [0.5, 0.6) is 0 Å². The molecule has 1 rings (SSSR count). The van der Waals surface area contributed by atoms with Crippen LogP contribution in [0.1, 0.15) is 77.0 Å². The Morgan fingerprint density at radius 1 is 0.300 bits per heavy atom. The van der Waals surface area contributed by atoms with Gasteiger partial charge in [0.25, 0.3) is 0 Å². The van der Waals surface area contributed by atoms with Crippen molar-refractivity contribution in [2.75, 3.05) is 0 Å². The van der Waals surface area contributed by atoms with E-state index >= 15 is 0 Å². The third-order valence-corrected chi connectivity index (χ3v) is 3.82. The first kappa shape index (κ1) is 17.0. The summed E-state index contributed by atoms with van der Waals surface area (Å²) in [5.74, 6) is 0. The fraction of sp³-hybridized carbons (Fsp3) is 0.600. The highest BCUT2D eigenvalue weighted by Gasteiger charge is 1.92. The largest absolute Gasteiger partial charge is 0.0845 e. The van der Waals surface area contributed by atoms with E-state index in [4.69, 9.17) is 0 Å². The molecule has 0 aromatic rings. The molecule has 112 valence electrons. The van der Waals surface area contributed by atoms with Crippen LogP contribution in [-0.4, -0.2) is 0 Å².